The lowest BCUT2D eigenvalue weighted by Crippen LogP contribution is -2.59. The number of ether oxygens (including phenoxy) is 1. The minimum Gasteiger partial charge on any atom is -0.379 e. The number of nitrogens with one attached hydrogen (secondary N) is 3. The SMILES string of the molecule is CCC(C)C(C(CC(=O)N1CCCC1C(CC(=O)NCCc1ccccc1)Sc1ccccc1)OC)N(C)C(=O)C(NC(=O)C(NC)C(C)C)C(C)C. The number of likely N-dealkylation sites (tertiary alicyclic amines) is 1. The summed E-state index contributed by atoms with van der Waals surface area (Å²) in [6.07, 6.45) is 2.99. The molecule has 1 aliphatic rings. The van der Waals surface area contributed by atoms with Gasteiger partial charge in [-0.3, -0.25) is 19.2 Å². The largest absolute Gasteiger partial charge is 0.379 e. The molecule has 7 atom stereocenters. The van der Waals surface area contributed by atoms with Crippen molar-refractivity contribution in [1.82, 2.24) is 25.8 Å². The van der Waals surface area contributed by atoms with E-state index in [4.69, 9.17) is 4.74 Å². The van der Waals surface area contributed by atoms with Gasteiger partial charge in [-0.25, -0.2) is 0 Å². The molecule has 3 N–H and O–H groups in total. The van der Waals surface area contributed by atoms with Crippen molar-refractivity contribution in [3.63, 3.8) is 0 Å². The van der Waals surface area contributed by atoms with Crippen LogP contribution in [0.5, 0.6) is 0 Å². The molecule has 0 aromatic heterocycles. The predicted octanol–water partition coefficient (Wildman–Crippen LogP) is 5.55. The Balaban J connectivity index is 1.79. The van der Waals surface area contributed by atoms with Gasteiger partial charge in [0.05, 0.1) is 24.6 Å². The van der Waals surface area contributed by atoms with Gasteiger partial charge in [0.15, 0.2) is 0 Å². The van der Waals surface area contributed by atoms with Crippen LogP contribution in [0.4, 0.5) is 0 Å². The van der Waals surface area contributed by atoms with Crippen molar-refractivity contribution in [1.29, 1.82) is 0 Å². The lowest BCUT2D eigenvalue weighted by atomic mass is 9.89. The van der Waals surface area contributed by atoms with Crippen LogP contribution >= 0.6 is 11.8 Å². The fraction of sp³-hybridized carbons (Fsp3) is 0.619. The van der Waals surface area contributed by atoms with E-state index in [2.05, 4.69) is 41.9 Å². The minimum atomic E-state index is -0.737. The first-order valence-corrected chi connectivity index (χ1v) is 20.3. The van der Waals surface area contributed by atoms with Crippen molar-refractivity contribution in [2.45, 2.75) is 120 Å². The summed E-state index contributed by atoms with van der Waals surface area (Å²) < 4.78 is 6.07. The Hall–Kier alpha value is -3.41. The maximum Gasteiger partial charge on any atom is 0.245 e. The normalized spacial score (nSPS) is 17.9. The first kappa shape index (κ1) is 44.0. The first-order chi connectivity index (χ1) is 25.3. The number of likely N-dealkylation sites (N-methyl/N-ethyl adjacent to an activating group) is 2. The second-order valence-electron chi connectivity index (χ2n) is 15.1. The Kier molecular flexibility index (Phi) is 18.3. The van der Waals surface area contributed by atoms with Crippen LogP contribution in [0.3, 0.4) is 0 Å². The van der Waals surface area contributed by atoms with Gasteiger partial charge in [0, 0.05) is 49.9 Å². The van der Waals surface area contributed by atoms with Crippen LogP contribution in [0.25, 0.3) is 0 Å². The molecular weight excluding hydrogens is 687 g/mol. The number of thioether (sulfide) groups is 1. The predicted molar refractivity (Wildman–Crippen MR) is 214 cm³/mol. The molecule has 53 heavy (non-hydrogen) atoms. The van der Waals surface area contributed by atoms with Gasteiger partial charge in [-0.1, -0.05) is 96.5 Å². The molecule has 1 heterocycles. The summed E-state index contributed by atoms with van der Waals surface area (Å²) >= 11 is 1.65. The average molecular weight is 752 g/mol. The molecule has 294 valence electrons. The zero-order valence-corrected chi connectivity index (χ0v) is 34.3. The summed E-state index contributed by atoms with van der Waals surface area (Å²) in [7, 11) is 5.11. The number of benzene rings is 2. The summed E-state index contributed by atoms with van der Waals surface area (Å²) in [4.78, 5) is 59.8. The molecule has 0 saturated carbocycles. The van der Waals surface area contributed by atoms with Crippen LogP contribution < -0.4 is 16.0 Å². The fourth-order valence-electron chi connectivity index (χ4n) is 7.43. The van der Waals surface area contributed by atoms with E-state index in [-0.39, 0.29) is 65.5 Å². The Morgan fingerprint density at radius 3 is 2.11 bits per heavy atom. The van der Waals surface area contributed by atoms with Crippen molar-refractivity contribution in [3.05, 3.63) is 66.2 Å². The molecule has 3 rings (SSSR count). The molecule has 1 saturated heterocycles. The van der Waals surface area contributed by atoms with E-state index in [0.717, 1.165) is 30.6 Å². The zero-order valence-electron chi connectivity index (χ0n) is 33.5. The maximum atomic E-state index is 14.3. The van der Waals surface area contributed by atoms with E-state index in [9.17, 15) is 19.2 Å². The lowest BCUT2D eigenvalue weighted by molar-refractivity contribution is -0.146. The molecule has 11 heteroatoms. The van der Waals surface area contributed by atoms with E-state index in [0.29, 0.717) is 13.1 Å². The second kappa shape index (κ2) is 22.1. The van der Waals surface area contributed by atoms with E-state index in [1.807, 2.05) is 81.1 Å². The molecule has 0 aliphatic carbocycles. The van der Waals surface area contributed by atoms with E-state index < -0.39 is 24.2 Å². The summed E-state index contributed by atoms with van der Waals surface area (Å²) in [6, 6.07) is 18.4. The van der Waals surface area contributed by atoms with E-state index in [1.165, 1.54) is 5.56 Å². The molecule has 0 spiro atoms. The Morgan fingerprint density at radius 1 is 0.925 bits per heavy atom. The number of carbonyl (C=O) groups is 4. The highest BCUT2D eigenvalue weighted by Crippen LogP contribution is 2.35. The van der Waals surface area contributed by atoms with Gasteiger partial charge in [-0.05, 0) is 61.8 Å². The van der Waals surface area contributed by atoms with Gasteiger partial charge in [-0.15, -0.1) is 11.8 Å². The topological polar surface area (TPSA) is 120 Å². The molecule has 7 unspecified atom stereocenters. The van der Waals surface area contributed by atoms with Gasteiger partial charge >= 0.3 is 0 Å². The van der Waals surface area contributed by atoms with Crippen molar-refractivity contribution in [3.8, 4) is 0 Å². The molecule has 1 aliphatic heterocycles. The van der Waals surface area contributed by atoms with E-state index in [1.54, 1.807) is 37.9 Å². The molecule has 0 radical (unpaired) electrons. The number of methoxy groups -OCH3 is 1. The van der Waals surface area contributed by atoms with Crippen LogP contribution in [-0.2, 0) is 30.3 Å². The molecule has 2 aromatic rings. The second-order valence-corrected chi connectivity index (χ2v) is 16.4. The van der Waals surface area contributed by atoms with Crippen LogP contribution in [0.2, 0.25) is 0 Å². The monoisotopic (exact) mass is 751 g/mol. The average Bonchev–Trinajstić information content (AvgIpc) is 3.64. The van der Waals surface area contributed by atoms with Gasteiger partial charge in [-0.2, -0.15) is 0 Å². The number of amides is 4. The third-order valence-electron chi connectivity index (χ3n) is 10.6. The van der Waals surface area contributed by atoms with Crippen molar-refractivity contribution >= 4 is 35.4 Å². The minimum absolute atomic E-state index is 0.0151. The Morgan fingerprint density at radius 2 is 1.55 bits per heavy atom. The molecule has 2 aromatic carbocycles. The molecule has 0 bridgehead atoms. The molecule has 10 nitrogen and oxygen atoms in total. The lowest BCUT2D eigenvalue weighted by Gasteiger charge is -2.40. The molecule has 1 fully saturated rings. The Bertz CT molecular complexity index is 1430. The fourth-order valence-corrected chi connectivity index (χ4v) is 8.77. The number of hydrogen-bond donors (Lipinski definition) is 3. The quantitative estimate of drug-likeness (QED) is 0.143. The summed E-state index contributed by atoms with van der Waals surface area (Å²) in [5.74, 6) is -0.579. The third kappa shape index (κ3) is 12.9. The molecular formula is C42H65N5O5S. The standard InChI is InChI=1S/C42H65N5O5S/c1-10-30(6)40(46(8)42(51)39(29(4)5)45-41(50)38(43-7)28(2)3)34(52-9)26-37(49)47-25-17-22-33(47)35(53-32-20-15-12-16-21-32)27-36(48)44-24-23-31-18-13-11-14-19-31/h11-16,18-21,28-30,33-35,38-40,43H,10,17,22-27H2,1-9H3,(H,44,48)(H,45,50). The first-order valence-electron chi connectivity index (χ1n) is 19.4. The highest BCUT2D eigenvalue weighted by atomic mass is 32.2. The highest BCUT2D eigenvalue weighted by Gasteiger charge is 2.41. The Labute approximate surface area is 322 Å². The molecule has 4 amide bonds. The van der Waals surface area contributed by atoms with Gasteiger partial charge in [0.2, 0.25) is 23.6 Å². The smallest absolute Gasteiger partial charge is 0.245 e. The summed E-state index contributed by atoms with van der Waals surface area (Å²) in [5, 5.41) is 9.06. The summed E-state index contributed by atoms with van der Waals surface area (Å²) in [6.45, 7) is 13.1. The number of hydrogen-bond acceptors (Lipinski definition) is 7. The summed E-state index contributed by atoms with van der Waals surface area (Å²) in [5.41, 5.74) is 1.17. The van der Waals surface area contributed by atoms with Crippen LogP contribution in [0.1, 0.15) is 79.2 Å². The highest BCUT2D eigenvalue weighted by molar-refractivity contribution is 8.00. The maximum absolute atomic E-state index is 14.3. The van der Waals surface area contributed by atoms with Crippen LogP contribution in [-0.4, -0.2) is 103 Å². The van der Waals surface area contributed by atoms with Crippen molar-refractivity contribution in [2.75, 3.05) is 34.3 Å². The van der Waals surface area contributed by atoms with Gasteiger partial charge in [0.25, 0.3) is 0 Å². The van der Waals surface area contributed by atoms with Gasteiger partial charge < -0.3 is 30.5 Å². The number of rotatable bonds is 21. The number of nitrogens with zero attached hydrogens (tertiary/aromatic N) is 2. The van der Waals surface area contributed by atoms with Crippen LogP contribution in [0.15, 0.2) is 65.6 Å². The number of carbonyl (C=O) groups excluding carboxylic acids is 4. The van der Waals surface area contributed by atoms with Gasteiger partial charge in [0.1, 0.15) is 6.04 Å². The van der Waals surface area contributed by atoms with Crippen molar-refractivity contribution in [2.24, 2.45) is 17.8 Å². The van der Waals surface area contributed by atoms with E-state index >= 15 is 0 Å². The third-order valence-corrected chi connectivity index (χ3v) is 11.9. The van der Waals surface area contributed by atoms with Crippen molar-refractivity contribution < 1.29 is 23.9 Å². The zero-order chi connectivity index (χ0) is 39.1. The van der Waals surface area contributed by atoms with Crippen LogP contribution in [0, 0.1) is 17.8 Å².